The summed E-state index contributed by atoms with van der Waals surface area (Å²) < 4.78 is 13.6. The summed E-state index contributed by atoms with van der Waals surface area (Å²) in [6.07, 6.45) is 0.689. The van der Waals surface area contributed by atoms with Gasteiger partial charge in [0.2, 0.25) is 0 Å². The number of thioether (sulfide) groups is 1. The molecule has 0 saturated carbocycles. The molecule has 0 unspecified atom stereocenters. The molecule has 1 fully saturated rings. The maximum atomic E-state index is 13.1. The van der Waals surface area contributed by atoms with E-state index in [1.165, 1.54) is 22.9 Å². The first-order valence-electron chi connectivity index (χ1n) is 12.9. The summed E-state index contributed by atoms with van der Waals surface area (Å²) in [6, 6.07) is 26.7. The first kappa shape index (κ1) is 26.2. The van der Waals surface area contributed by atoms with E-state index in [9.17, 15) is 19.9 Å². The third-order valence-corrected chi connectivity index (χ3v) is 8.17. The van der Waals surface area contributed by atoms with Gasteiger partial charge >= 0.3 is 0 Å². The van der Waals surface area contributed by atoms with Crippen molar-refractivity contribution in [2.24, 2.45) is 0 Å². The van der Waals surface area contributed by atoms with Gasteiger partial charge in [0, 0.05) is 29.9 Å². The number of pyridine rings is 1. The van der Waals surface area contributed by atoms with Gasteiger partial charge in [0.1, 0.15) is 0 Å². The van der Waals surface area contributed by atoms with Crippen LogP contribution in [0.15, 0.2) is 102 Å². The number of carbonyl (C=O) groups is 2. The molecule has 0 radical (unpaired) electrons. The Kier molecular flexibility index (Phi) is 7.36. The Labute approximate surface area is 235 Å². The minimum Gasteiger partial charge on any atom is -0.618 e. The van der Waals surface area contributed by atoms with Crippen LogP contribution in [0.3, 0.4) is 0 Å². The van der Waals surface area contributed by atoms with E-state index in [0.717, 1.165) is 15.9 Å². The van der Waals surface area contributed by atoms with Crippen molar-refractivity contribution in [3.05, 3.63) is 130 Å². The van der Waals surface area contributed by atoms with E-state index in [1.54, 1.807) is 54.6 Å². The number of amides is 2. The fourth-order valence-electron chi connectivity index (χ4n) is 4.96. The van der Waals surface area contributed by atoms with E-state index < -0.39 is 6.29 Å². The molecule has 2 aliphatic rings. The molecule has 202 valence electrons. The molecule has 1 N–H and O–H groups in total. The van der Waals surface area contributed by atoms with Crippen LogP contribution in [-0.2, 0) is 16.1 Å². The zero-order valence-corrected chi connectivity index (χ0v) is 22.2. The van der Waals surface area contributed by atoms with Crippen LogP contribution in [0.25, 0.3) is 0 Å². The highest BCUT2D eigenvalue weighted by Crippen LogP contribution is 2.40. The highest BCUT2D eigenvalue weighted by Gasteiger charge is 2.37. The van der Waals surface area contributed by atoms with Gasteiger partial charge in [-0.15, -0.1) is 0 Å². The molecule has 6 rings (SSSR count). The summed E-state index contributed by atoms with van der Waals surface area (Å²) >= 11 is 1.41. The Bertz CT molecular complexity index is 1520. The van der Waals surface area contributed by atoms with Gasteiger partial charge < -0.3 is 19.8 Å². The lowest BCUT2D eigenvalue weighted by Gasteiger charge is -2.36. The van der Waals surface area contributed by atoms with Crippen molar-refractivity contribution in [1.82, 2.24) is 0 Å². The normalized spacial score (nSPS) is 20.5. The maximum absolute atomic E-state index is 13.1. The van der Waals surface area contributed by atoms with Crippen LogP contribution in [0.1, 0.15) is 56.2 Å². The SMILES string of the molecule is O=C1c2ccccc2C(=O)N1c1cccc([C@H]2O[C@@H](CSc3cccc[n+]3[O-])C[C@@H](c3ccc(CO)cc3)O2)c1. The molecular weight excluding hydrogens is 528 g/mol. The quantitative estimate of drug-likeness (QED) is 0.149. The molecule has 8 nitrogen and oxygen atoms in total. The smallest absolute Gasteiger partial charge is 0.266 e. The highest BCUT2D eigenvalue weighted by molar-refractivity contribution is 7.99. The zero-order valence-electron chi connectivity index (χ0n) is 21.4. The average molecular weight is 555 g/mol. The summed E-state index contributed by atoms with van der Waals surface area (Å²) in [7, 11) is 0. The number of nitrogens with zero attached hydrogens (tertiary/aromatic N) is 2. The van der Waals surface area contributed by atoms with Crippen LogP contribution in [-0.4, -0.2) is 28.8 Å². The second kappa shape index (κ2) is 11.2. The number of aliphatic hydroxyl groups excluding tert-OH is 1. The topological polar surface area (TPSA) is 103 Å². The molecule has 40 heavy (non-hydrogen) atoms. The van der Waals surface area contributed by atoms with Gasteiger partial charge in [-0.3, -0.25) is 9.59 Å². The monoisotopic (exact) mass is 554 g/mol. The van der Waals surface area contributed by atoms with Gasteiger partial charge in [0.15, 0.2) is 12.5 Å². The molecule has 2 amide bonds. The van der Waals surface area contributed by atoms with E-state index in [1.807, 2.05) is 36.4 Å². The summed E-state index contributed by atoms with van der Waals surface area (Å²) in [5, 5.41) is 22.2. The van der Waals surface area contributed by atoms with Crippen LogP contribution < -0.4 is 9.63 Å². The number of hydrogen-bond donors (Lipinski definition) is 1. The number of fused-ring (bicyclic) bond motifs is 1. The van der Waals surface area contributed by atoms with Gasteiger partial charge in [-0.05, 0) is 41.5 Å². The van der Waals surface area contributed by atoms with E-state index >= 15 is 0 Å². The zero-order chi connectivity index (χ0) is 27.6. The van der Waals surface area contributed by atoms with Crippen LogP contribution in [0, 0.1) is 5.21 Å². The summed E-state index contributed by atoms with van der Waals surface area (Å²) in [6.45, 7) is -0.0479. The Morgan fingerprint density at radius 3 is 2.30 bits per heavy atom. The first-order chi connectivity index (χ1) is 19.5. The van der Waals surface area contributed by atoms with Gasteiger partial charge in [-0.25, -0.2) is 4.90 Å². The van der Waals surface area contributed by atoms with Crippen molar-refractivity contribution in [2.75, 3.05) is 10.7 Å². The van der Waals surface area contributed by atoms with Crippen molar-refractivity contribution in [2.45, 2.75) is 36.6 Å². The second-order valence-corrected chi connectivity index (χ2v) is 10.7. The van der Waals surface area contributed by atoms with Crippen LogP contribution in [0.2, 0.25) is 0 Å². The number of aliphatic hydroxyl groups is 1. The number of ether oxygens (including phenoxy) is 2. The Hall–Kier alpha value is -4.02. The Morgan fingerprint density at radius 1 is 0.875 bits per heavy atom. The summed E-state index contributed by atoms with van der Waals surface area (Å²) in [5.74, 6) is -0.212. The number of hydrogen-bond acceptors (Lipinski definition) is 7. The van der Waals surface area contributed by atoms with Crippen molar-refractivity contribution < 1.29 is 28.9 Å². The Balaban J connectivity index is 1.28. The summed E-state index contributed by atoms with van der Waals surface area (Å²) in [4.78, 5) is 27.3. The molecule has 1 aromatic heterocycles. The third-order valence-electron chi connectivity index (χ3n) is 7.02. The molecule has 0 bridgehead atoms. The molecule has 0 spiro atoms. The molecule has 2 aliphatic heterocycles. The lowest BCUT2D eigenvalue weighted by molar-refractivity contribution is -0.645. The van der Waals surface area contributed by atoms with Crippen LogP contribution in [0.5, 0.6) is 0 Å². The molecule has 9 heteroatoms. The van der Waals surface area contributed by atoms with Crippen LogP contribution >= 0.6 is 11.8 Å². The number of rotatable bonds is 7. The minimum atomic E-state index is -0.771. The number of carbonyl (C=O) groups excluding carboxylic acids is 2. The Morgan fingerprint density at radius 2 is 1.60 bits per heavy atom. The number of anilines is 1. The van der Waals surface area contributed by atoms with Crippen molar-refractivity contribution in [3.63, 3.8) is 0 Å². The molecule has 4 aromatic rings. The van der Waals surface area contributed by atoms with E-state index in [4.69, 9.17) is 9.47 Å². The third kappa shape index (κ3) is 5.12. The van der Waals surface area contributed by atoms with Crippen molar-refractivity contribution in [3.8, 4) is 0 Å². The van der Waals surface area contributed by atoms with E-state index in [-0.39, 0.29) is 30.6 Å². The van der Waals surface area contributed by atoms with Crippen molar-refractivity contribution in [1.29, 1.82) is 0 Å². The minimum absolute atomic E-state index is 0.0479. The van der Waals surface area contributed by atoms with E-state index in [0.29, 0.717) is 39.6 Å². The fraction of sp³-hybridized carbons (Fsp3) is 0.194. The van der Waals surface area contributed by atoms with Crippen molar-refractivity contribution >= 4 is 29.3 Å². The van der Waals surface area contributed by atoms with Gasteiger partial charge in [-0.1, -0.05) is 60.3 Å². The van der Waals surface area contributed by atoms with Gasteiger partial charge in [-0.2, -0.15) is 4.73 Å². The molecular formula is C31H26N2O6S. The standard InChI is InChI=1S/C31H26N2O6S/c34-18-20-11-13-21(14-12-20)27-17-24(19-40-28-10-3-4-15-32(28)37)38-31(39-27)22-6-5-7-23(16-22)33-29(35)25-8-1-2-9-26(25)30(33)36/h1-16,24,27,31,34H,17-19H2/t24-,27+,31+/m1/s1. The lowest BCUT2D eigenvalue weighted by atomic mass is 10.0. The predicted octanol–water partition coefficient (Wildman–Crippen LogP) is 4.95. The molecule has 1 saturated heterocycles. The largest absolute Gasteiger partial charge is 0.618 e. The molecule has 3 heterocycles. The fourth-order valence-corrected chi connectivity index (χ4v) is 5.89. The number of benzene rings is 3. The molecule has 0 aliphatic carbocycles. The van der Waals surface area contributed by atoms with E-state index in [2.05, 4.69) is 0 Å². The first-order valence-corrected chi connectivity index (χ1v) is 13.9. The number of aromatic nitrogens is 1. The average Bonchev–Trinajstić information content (AvgIpc) is 3.26. The second-order valence-electron chi connectivity index (χ2n) is 9.61. The molecule has 3 aromatic carbocycles. The van der Waals surface area contributed by atoms with Gasteiger partial charge in [0.05, 0.1) is 35.6 Å². The van der Waals surface area contributed by atoms with Crippen LogP contribution in [0.4, 0.5) is 5.69 Å². The summed E-state index contributed by atoms with van der Waals surface area (Å²) in [5.41, 5.74) is 3.60. The molecule has 3 atom stereocenters. The lowest BCUT2D eigenvalue weighted by Crippen LogP contribution is -2.33. The maximum Gasteiger partial charge on any atom is 0.266 e. The highest BCUT2D eigenvalue weighted by atomic mass is 32.2. The van der Waals surface area contributed by atoms with Gasteiger partial charge in [0.25, 0.3) is 16.8 Å². The number of imide groups is 1. The predicted molar refractivity (Wildman–Crippen MR) is 149 cm³/mol.